The topological polar surface area (TPSA) is 29.9 Å². The average molecular weight is 253 g/mol. The molecule has 1 aliphatic rings. The first-order valence-electron chi connectivity index (χ1n) is 6.44. The van der Waals surface area contributed by atoms with Crippen molar-refractivity contribution in [3.05, 3.63) is 17.5 Å². The van der Waals surface area contributed by atoms with E-state index in [-0.39, 0.29) is 0 Å². The third-order valence-corrected chi connectivity index (χ3v) is 4.84. The Morgan fingerprint density at radius 2 is 2.12 bits per heavy atom. The lowest BCUT2D eigenvalue weighted by atomic mass is 9.95. The predicted molar refractivity (Wildman–Crippen MR) is 74.3 cm³/mol. The highest BCUT2D eigenvalue weighted by Crippen LogP contribution is 2.26. The summed E-state index contributed by atoms with van der Waals surface area (Å²) in [7, 11) is 1.99. The summed E-state index contributed by atoms with van der Waals surface area (Å²) in [6.07, 6.45) is 9.73. The highest BCUT2D eigenvalue weighted by molar-refractivity contribution is 7.99. The van der Waals surface area contributed by atoms with E-state index in [0.29, 0.717) is 6.04 Å². The quantitative estimate of drug-likeness (QED) is 0.894. The van der Waals surface area contributed by atoms with Gasteiger partial charge in [0.2, 0.25) is 0 Å². The van der Waals surface area contributed by atoms with Crippen LogP contribution in [-0.4, -0.2) is 27.3 Å². The second-order valence-corrected chi connectivity index (χ2v) is 6.14. The third-order valence-electron chi connectivity index (χ3n) is 3.70. The van der Waals surface area contributed by atoms with Crippen molar-refractivity contribution >= 4 is 11.8 Å². The van der Waals surface area contributed by atoms with Gasteiger partial charge in [-0.15, -0.1) is 0 Å². The lowest BCUT2D eigenvalue weighted by Crippen LogP contribution is -2.33. The average Bonchev–Trinajstić information content (AvgIpc) is 2.66. The lowest BCUT2D eigenvalue weighted by molar-refractivity contribution is 0.378. The van der Waals surface area contributed by atoms with Gasteiger partial charge in [0.1, 0.15) is 0 Å². The summed E-state index contributed by atoms with van der Waals surface area (Å²) in [6.45, 7) is 3.05. The molecule has 0 aliphatic heterocycles. The molecule has 1 aromatic rings. The molecule has 0 bridgehead atoms. The molecular formula is C13H23N3S. The van der Waals surface area contributed by atoms with E-state index in [1.54, 1.807) is 0 Å². The molecule has 0 aromatic carbocycles. The molecule has 0 atom stereocenters. The largest absolute Gasteiger partial charge is 0.310 e. The van der Waals surface area contributed by atoms with Crippen molar-refractivity contribution in [1.29, 1.82) is 0 Å². The molecule has 1 saturated carbocycles. The number of hydrogen-bond acceptors (Lipinski definition) is 3. The van der Waals surface area contributed by atoms with E-state index in [2.05, 4.69) is 29.8 Å². The molecule has 1 fully saturated rings. The molecular weight excluding hydrogens is 230 g/mol. The second kappa shape index (κ2) is 5.91. The number of thioether (sulfide) groups is 1. The summed E-state index contributed by atoms with van der Waals surface area (Å²) in [6, 6.07) is 0.706. The maximum absolute atomic E-state index is 4.37. The van der Waals surface area contributed by atoms with E-state index in [1.165, 1.54) is 31.2 Å². The Morgan fingerprint density at radius 3 is 2.65 bits per heavy atom. The minimum absolute atomic E-state index is 0.706. The standard InChI is InChI=1S/C13H23N3S/c1-10-11(9-16(2)15-10)8-14-12-4-6-13(17-3)7-5-12/h9,12-14H,4-8H2,1-3H3. The molecule has 1 N–H and O–H groups in total. The first-order chi connectivity index (χ1) is 8.19. The first kappa shape index (κ1) is 13.0. The van der Waals surface area contributed by atoms with Gasteiger partial charge in [-0.05, 0) is 38.9 Å². The molecule has 96 valence electrons. The van der Waals surface area contributed by atoms with Gasteiger partial charge in [0.25, 0.3) is 0 Å². The minimum atomic E-state index is 0.706. The van der Waals surface area contributed by atoms with Gasteiger partial charge in [-0.1, -0.05) is 0 Å². The Kier molecular flexibility index (Phi) is 4.51. The van der Waals surface area contributed by atoms with Crippen LogP contribution in [0.15, 0.2) is 6.20 Å². The van der Waals surface area contributed by atoms with Crippen LogP contribution in [0.1, 0.15) is 36.9 Å². The van der Waals surface area contributed by atoms with Gasteiger partial charge in [-0.25, -0.2) is 0 Å². The van der Waals surface area contributed by atoms with Gasteiger partial charge in [0.15, 0.2) is 0 Å². The number of nitrogens with zero attached hydrogens (tertiary/aromatic N) is 2. The van der Waals surface area contributed by atoms with Crippen molar-refractivity contribution < 1.29 is 0 Å². The zero-order valence-corrected chi connectivity index (χ0v) is 11.9. The molecule has 1 aliphatic carbocycles. The SMILES string of the molecule is CSC1CCC(NCc2cn(C)nc2C)CC1. The first-order valence-corrected chi connectivity index (χ1v) is 7.73. The Morgan fingerprint density at radius 1 is 1.41 bits per heavy atom. The fourth-order valence-electron chi connectivity index (χ4n) is 2.58. The van der Waals surface area contributed by atoms with Crippen LogP contribution in [0.5, 0.6) is 0 Å². The predicted octanol–water partition coefficient (Wildman–Crippen LogP) is 2.49. The Labute approximate surface area is 108 Å². The summed E-state index contributed by atoms with van der Waals surface area (Å²) in [5.74, 6) is 0. The number of aryl methyl sites for hydroxylation is 2. The van der Waals surface area contributed by atoms with E-state index in [4.69, 9.17) is 0 Å². The smallest absolute Gasteiger partial charge is 0.0638 e. The van der Waals surface area contributed by atoms with Crippen molar-refractivity contribution in [2.45, 2.75) is 50.4 Å². The molecule has 0 radical (unpaired) electrons. The van der Waals surface area contributed by atoms with Gasteiger partial charge in [-0.2, -0.15) is 16.9 Å². The van der Waals surface area contributed by atoms with Crippen LogP contribution >= 0.6 is 11.8 Å². The monoisotopic (exact) mass is 253 g/mol. The van der Waals surface area contributed by atoms with Crippen LogP contribution < -0.4 is 5.32 Å². The normalized spacial score (nSPS) is 25.1. The molecule has 0 amide bonds. The van der Waals surface area contributed by atoms with Crippen LogP contribution in [0.2, 0.25) is 0 Å². The van der Waals surface area contributed by atoms with E-state index in [9.17, 15) is 0 Å². The van der Waals surface area contributed by atoms with E-state index < -0.39 is 0 Å². The van der Waals surface area contributed by atoms with Gasteiger partial charge >= 0.3 is 0 Å². The molecule has 0 spiro atoms. The Hall–Kier alpha value is -0.480. The Bertz CT molecular complexity index is 354. The molecule has 2 rings (SSSR count). The molecule has 3 nitrogen and oxygen atoms in total. The fraction of sp³-hybridized carbons (Fsp3) is 0.769. The van der Waals surface area contributed by atoms with Crippen molar-refractivity contribution in [3.8, 4) is 0 Å². The van der Waals surface area contributed by atoms with Gasteiger partial charge in [-0.3, -0.25) is 4.68 Å². The van der Waals surface area contributed by atoms with Gasteiger partial charge in [0.05, 0.1) is 5.69 Å². The zero-order chi connectivity index (χ0) is 12.3. The van der Waals surface area contributed by atoms with Crippen LogP contribution in [0.4, 0.5) is 0 Å². The van der Waals surface area contributed by atoms with Crippen LogP contribution in [0.25, 0.3) is 0 Å². The van der Waals surface area contributed by atoms with Gasteiger partial charge < -0.3 is 5.32 Å². The summed E-state index contributed by atoms with van der Waals surface area (Å²) in [5, 5.41) is 8.94. The Balaban J connectivity index is 1.77. The zero-order valence-electron chi connectivity index (χ0n) is 11.1. The third kappa shape index (κ3) is 3.49. The highest BCUT2D eigenvalue weighted by Gasteiger charge is 2.20. The van der Waals surface area contributed by atoms with Crippen molar-refractivity contribution in [3.63, 3.8) is 0 Å². The number of rotatable bonds is 4. The maximum Gasteiger partial charge on any atom is 0.0638 e. The number of hydrogen-bond donors (Lipinski definition) is 1. The minimum Gasteiger partial charge on any atom is -0.310 e. The number of aromatic nitrogens is 2. The van der Waals surface area contributed by atoms with Crippen molar-refractivity contribution in [2.24, 2.45) is 7.05 Å². The molecule has 17 heavy (non-hydrogen) atoms. The molecule has 1 heterocycles. The van der Waals surface area contributed by atoms with Crippen molar-refractivity contribution in [2.75, 3.05) is 6.26 Å². The molecule has 0 unspecified atom stereocenters. The summed E-state index contributed by atoms with van der Waals surface area (Å²) < 4.78 is 1.90. The van der Waals surface area contributed by atoms with Crippen LogP contribution in [0, 0.1) is 6.92 Å². The van der Waals surface area contributed by atoms with E-state index in [1.807, 2.05) is 23.5 Å². The molecule has 1 aromatic heterocycles. The maximum atomic E-state index is 4.37. The summed E-state index contributed by atoms with van der Waals surface area (Å²) >= 11 is 2.03. The van der Waals surface area contributed by atoms with Crippen LogP contribution in [0.3, 0.4) is 0 Å². The van der Waals surface area contributed by atoms with Crippen LogP contribution in [-0.2, 0) is 13.6 Å². The number of nitrogens with one attached hydrogen (secondary N) is 1. The van der Waals surface area contributed by atoms with E-state index in [0.717, 1.165) is 17.5 Å². The fourth-order valence-corrected chi connectivity index (χ4v) is 3.32. The summed E-state index contributed by atoms with van der Waals surface area (Å²) in [4.78, 5) is 0. The highest BCUT2D eigenvalue weighted by atomic mass is 32.2. The lowest BCUT2D eigenvalue weighted by Gasteiger charge is -2.28. The van der Waals surface area contributed by atoms with Crippen molar-refractivity contribution in [1.82, 2.24) is 15.1 Å². The second-order valence-electron chi connectivity index (χ2n) is 5.00. The molecule has 0 saturated heterocycles. The summed E-state index contributed by atoms with van der Waals surface area (Å²) in [5.41, 5.74) is 2.48. The van der Waals surface area contributed by atoms with Gasteiger partial charge in [0, 0.05) is 36.6 Å². The van der Waals surface area contributed by atoms with E-state index >= 15 is 0 Å². The molecule has 4 heteroatoms.